The van der Waals surface area contributed by atoms with Crippen molar-refractivity contribution in [3.05, 3.63) is 59.7 Å². The molecule has 0 fully saturated rings. The van der Waals surface area contributed by atoms with Crippen molar-refractivity contribution in [1.29, 1.82) is 0 Å². The molecule has 2 aromatic rings. The van der Waals surface area contributed by atoms with Crippen molar-refractivity contribution in [3.63, 3.8) is 0 Å². The van der Waals surface area contributed by atoms with Crippen molar-refractivity contribution >= 4 is 0 Å². The van der Waals surface area contributed by atoms with E-state index in [-0.39, 0.29) is 41.0 Å². The summed E-state index contributed by atoms with van der Waals surface area (Å²) in [5.41, 5.74) is 2.88. The molecule has 0 bridgehead atoms. The second kappa shape index (κ2) is 9.79. The minimum Gasteiger partial charge on any atom is -1.00 e. The number of hydrogen-bond donors (Lipinski definition) is 0. The molecule has 0 amide bonds. The predicted molar refractivity (Wildman–Crippen MR) is 70.5 cm³/mol. The van der Waals surface area contributed by atoms with Crippen LogP contribution in [0, 0.1) is 6.92 Å². The third kappa shape index (κ3) is 8.92. The van der Waals surface area contributed by atoms with Gasteiger partial charge in [-0.3, -0.25) is 0 Å². The van der Waals surface area contributed by atoms with Crippen molar-refractivity contribution in [1.82, 2.24) is 0 Å². The Kier molecular flexibility index (Phi) is 11.0. The molecule has 102 valence electrons. The molecule has 0 heterocycles. The average molecular weight is 399 g/mol. The fraction of sp³-hybridized carbons (Fsp3) is 0.333. The first kappa shape index (κ1) is 20.2. The van der Waals surface area contributed by atoms with Crippen LogP contribution in [0.4, 0.5) is 0 Å². The van der Waals surface area contributed by atoms with Gasteiger partial charge in [-0.15, -0.1) is 5.56 Å². The van der Waals surface area contributed by atoms with Crippen LogP contribution in [0.1, 0.15) is 11.1 Å². The van der Waals surface area contributed by atoms with E-state index in [4.69, 9.17) is 0 Å². The molecule has 0 aliphatic rings. The zero-order valence-electron chi connectivity index (χ0n) is 11.5. The number of hydrogen-bond acceptors (Lipinski definition) is 0. The molecule has 0 aliphatic heterocycles. The number of rotatable bonds is 2. The first-order chi connectivity index (χ1) is 7.49. The van der Waals surface area contributed by atoms with Gasteiger partial charge in [0.05, 0.1) is 27.7 Å². The maximum absolute atomic E-state index is 2.21. The molecule has 0 aliphatic carbocycles. The molecule has 2 aromatic carbocycles. The third-order valence-corrected chi connectivity index (χ3v) is 2.35. The Morgan fingerprint density at radius 1 is 1.06 bits per heavy atom. The summed E-state index contributed by atoms with van der Waals surface area (Å²) >= 11 is 0. The molecule has 0 spiro atoms. The van der Waals surface area contributed by atoms with Crippen molar-refractivity contribution in [2.24, 2.45) is 0 Å². The summed E-state index contributed by atoms with van der Waals surface area (Å²) in [6.07, 6.45) is 0. The summed E-state index contributed by atoms with van der Waals surface area (Å²) in [7, 11) is 6.64. The van der Waals surface area contributed by atoms with Crippen LogP contribution in [0.2, 0.25) is 0 Å². The van der Waals surface area contributed by atoms with Gasteiger partial charge >= 0.3 is 17.1 Å². The maximum Gasteiger partial charge on any atom is 2.00 e. The van der Waals surface area contributed by atoms with Gasteiger partial charge in [-0.25, -0.2) is 18.2 Å². The third-order valence-electron chi connectivity index (χ3n) is 2.35. The predicted octanol–water partition coefficient (Wildman–Crippen LogP) is 0.327. The SMILES string of the molecule is Cc1cc[cH-]c1C[N+](C)(C)C.[Fe+2].[I-].c1cc[cH-]c1. The largest absolute Gasteiger partial charge is 2.00 e. The van der Waals surface area contributed by atoms with E-state index < -0.39 is 0 Å². The molecule has 0 saturated carbocycles. The number of nitrogens with zero attached hydrogens (tertiary/aromatic N) is 1. The summed E-state index contributed by atoms with van der Waals surface area (Å²) in [6.45, 7) is 3.30. The van der Waals surface area contributed by atoms with Gasteiger partial charge in [-0.1, -0.05) is 6.92 Å². The fourth-order valence-electron chi connectivity index (χ4n) is 1.56. The summed E-state index contributed by atoms with van der Waals surface area (Å²) < 4.78 is 1.00. The molecular weight excluding hydrogens is 377 g/mol. The molecule has 0 radical (unpaired) electrons. The molecule has 0 N–H and O–H groups in total. The van der Waals surface area contributed by atoms with E-state index in [1.165, 1.54) is 11.1 Å². The average Bonchev–Trinajstić information content (AvgIpc) is 2.79. The zero-order chi connectivity index (χ0) is 12.0. The van der Waals surface area contributed by atoms with Crippen LogP contribution in [0.25, 0.3) is 0 Å². The fourth-order valence-corrected chi connectivity index (χ4v) is 1.56. The van der Waals surface area contributed by atoms with E-state index in [2.05, 4.69) is 46.3 Å². The van der Waals surface area contributed by atoms with Gasteiger partial charge in [0.25, 0.3) is 0 Å². The summed E-state index contributed by atoms with van der Waals surface area (Å²) in [4.78, 5) is 0. The minimum absolute atomic E-state index is 0. The Labute approximate surface area is 139 Å². The number of quaternary nitrogens is 1. The van der Waals surface area contributed by atoms with E-state index in [1.54, 1.807) is 0 Å². The topological polar surface area (TPSA) is 0 Å². The van der Waals surface area contributed by atoms with E-state index >= 15 is 0 Å². The van der Waals surface area contributed by atoms with Gasteiger partial charge in [-0.2, -0.15) is 35.9 Å². The van der Waals surface area contributed by atoms with Crippen molar-refractivity contribution < 1.29 is 45.5 Å². The zero-order valence-corrected chi connectivity index (χ0v) is 14.8. The molecule has 3 heteroatoms. The number of aryl methyl sites for hydroxylation is 1. The molecule has 0 unspecified atom stereocenters. The quantitative estimate of drug-likeness (QED) is 0.296. The molecule has 0 saturated heterocycles. The monoisotopic (exact) mass is 399 g/mol. The molecule has 0 atom stereocenters. The minimum atomic E-state index is 0. The van der Waals surface area contributed by atoms with Gasteiger partial charge in [0.2, 0.25) is 0 Å². The molecular formula is C15H22FeIN. The van der Waals surface area contributed by atoms with E-state index in [0.717, 1.165) is 11.0 Å². The smallest absolute Gasteiger partial charge is 1.00 e. The van der Waals surface area contributed by atoms with Gasteiger partial charge in [0.15, 0.2) is 0 Å². The van der Waals surface area contributed by atoms with Crippen LogP contribution in [0.3, 0.4) is 0 Å². The summed E-state index contributed by atoms with van der Waals surface area (Å²) in [6, 6.07) is 16.5. The van der Waals surface area contributed by atoms with E-state index in [0.29, 0.717) is 0 Å². The Hall–Kier alpha value is -0.0905. The molecule has 0 aromatic heterocycles. The van der Waals surface area contributed by atoms with Crippen LogP contribution in [-0.2, 0) is 23.6 Å². The standard InChI is InChI=1S/C10H17N.C5H5.Fe.HI/c1-9-6-5-7-10(9)8-11(2,3)4;1-2-4-5-3-1;;/h5-7H,8H2,1-4H3;1-5H;;1H/q;-1;+2;/p-1. The van der Waals surface area contributed by atoms with Crippen LogP contribution in [0.5, 0.6) is 0 Å². The Bertz CT molecular complexity index is 368. The second-order valence-electron chi connectivity index (χ2n) is 5.14. The van der Waals surface area contributed by atoms with Gasteiger partial charge in [0.1, 0.15) is 0 Å². The molecule has 1 nitrogen and oxygen atoms in total. The van der Waals surface area contributed by atoms with Gasteiger partial charge in [0, 0.05) is 0 Å². The Morgan fingerprint density at radius 3 is 1.89 bits per heavy atom. The van der Waals surface area contributed by atoms with Crippen LogP contribution in [-0.4, -0.2) is 25.6 Å². The summed E-state index contributed by atoms with van der Waals surface area (Å²) in [5, 5.41) is 0. The van der Waals surface area contributed by atoms with Gasteiger partial charge in [-0.05, 0) is 0 Å². The van der Waals surface area contributed by atoms with E-state index in [9.17, 15) is 0 Å². The van der Waals surface area contributed by atoms with Crippen molar-refractivity contribution in [3.8, 4) is 0 Å². The van der Waals surface area contributed by atoms with Crippen LogP contribution in [0.15, 0.2) is 48.5 Å². The molecule has 18 heavy (non-hydrogen) atoms. The molecule has 2 rings (SSSR count). The maximum atomic E-state index is 2.21. The number of halogens is 1. The van der Waals surface area contributed by atoms with Crippen LogP contribution >= 0.6 is 0 Å². The first-order valence-electron chi connectivity index (χ1n) is 5.67. The second-order valence-corrected chi connectivity index (χ2v) is 5.14. The summed E-state index contributed by atoms with van der Waals surface area (Å²) in [5.74, 6) is 0. The Balaban J connectivity index is 0. The van der Waals surface area contributed by atoms with Gasteiger partial charge < -0.3 is 28.5 Å². The van der Waals surface area contributed by atoms with Crippen molar-refractivity contribution in [2.45, 2.75) is 13.5 Å². The van der Waals surface area contributed by atoms with E-state index in [1.807, 2.05) is 30.3 Å². The van der Waals surface area contributed by atoms with Crippen LogP contribution < -0.4 is 24.0 Å². The van der Waals surface area contributed by atoms with Crippen molar-refractivity contribution in [2.75, 3.05) is 21.1 Å². The first-order valence-corrected chi connectivity index (χ1v) is 5.67. The Morgan fingerprint density at radius 2 is 1.61 bits per heavy atom. The normalized spacial score (nSPS) is 9.56.